The van der Waals surface area contributed by atoms with E-state index in [0.29, 0.717) is 11.8 Å². The van der Waals surface area contributed by atoms with Crippen LogP contribution in [0.5, 0.6) is 0 Å². The van der Waals surface area contributed by atoms with E-state index >= 15 is 0 Å². The highest BCUT2D eigenvalue weighted by atomic mass is 16.7. The molecule has 0 radical (unpaired) electrons. The monoisotopic (exact) mass is 292 g/mol. The Morgan fingerprint density at radius 2 is 1.52 bits per heavy atom. The molecule has 2 unspecified atom stereocenters. The summed E-state index contributed by atoms with van der Waals surface area (Å²) in [6, 6.07) is 0. The van der Waals surface area contributed by atoms with Crippen molar-refractivity contribution in [1.82, 2.24) is 0 Å². The fourth-order valence-corrected chi connectivity index (χ4v) is 5.83. The van der Waals surface area contributed by atoms with Gasteiger partial charge in [0.05, 0.1) is 16.6 Å². The van der Waals surface area contributed by atoms with E-state index in [2.05, 4.69) is 27.7 Å². The van der Waals surface area contributed by atoms with Gasteiger partial charge >= 0.3 is 13.1 Å². The largest absolute Gasteiger partial charge is 0.481 e. The molecule has 4 nitrogen and oxygen atoms in total. The highest BCUT2D eigenvalue weighted by Gasteiger charge is 2.75. The molecule has 0 spiro atoms. The molecule has 4 bridgehead atoms. The van der Waals surface area contributed by atoms with Crippen LogP contribution in [-0.2, 0) is 14.1 Å². The molecule has 0 aromatic heterocycles. The molecule has 0 amide bonds. The molecule has 5 rings (SSSR count). The van der Waals surface area contributed by atoms with Crippen LogP contribution in [0.25, 0.3) is 0 Å². The minimum Gasteiger partial charge on any atom is -0.481 e. The SMILES string of the molecule is CC1(C)OB(CC23CC4CC2(C(=O)O)CC4C3)OC1(C)C. The van der Waals surface area contributed by atoms with E-state index in [0.717, 1.165) is 32.0 Å². The standard InChI is InChI=1S/C16H25BO4/c1-13(2)14(3,4)21-17(20-13)9-15-5-10-7-16(15,12(18)19)8-11(10)6-15/h10-11H,5-9H2,1-4H3,(H,18,19). The zero-order valence-electron chi connectivity index (χ0n) is 13.4. The van der Waals surface area contributed by atoms with Crippen molar-refractivity contribution in [3.8, 4) is 0 Å². The first-order valence-corrected chi connectivity index (χ1v) is 8.20. The van der Waals surface area contributed by atoms with E-state index in [1.165, 1.54) is 0 Å². The van der Waals surface area contributed by atoms with Gasteiger partial charge in [-0.05, 0) is 76.9 Å². The van der Waals surface area contributed by atoms with Gasteiger partial charge in [-0.2, -0.15) is 0 Å². The second-order valence-corrected chi connectivity index (χ2v) is 8.89. The lowest BCUT2D eigenvalue weighted by Gasteiger charge is -2.38. The van der Waals surface area contributed by atoms with Gasteiger partial charge in [0.1, 0.15) is 0 Å². The number of rotatable bonds is 3. The van der Waals surface area contributed by atoms with E-state index < -0.39 is 11.4 Å². The van der Waals surface area contributed by atoms with Crippen molar-refractivity contribution in [2.45, 2.75) is 70.9 Å². The fourth-order valence-electron chi connectivity index (χ4n) is 5.83. The third kappa shape index (κ3) is 1.52. The van der Waals surface area contributed by atoms with E-state index in [9.17, 15) is 9.90 Å². The third-order valence-electron chi connectivity index (χ3n) is 7.48. The molecule has 0 aromatic carbocycles. The molecule has 1 heterocycles. The van der Waals surface area contributed by atoms with Crippen molar-refractivity contribution >= 4 is 13.1 Å². The van der Waals surface area contributed by atoms with Crippen LogP contribution in [-0.4, -0.2) is 29.4 Å². The van der Waals surface area contributed by atoms with Gasteiger partial charge in [-0.1, -0.05) is 0 Å². The minimum atomic E-state index is -0.582. The van der Waals surface area contributed by atoms with Gasteiger partial charge < -0.3 is 14.4 Å². The van der Waals surface area contributed by atoms with Crippen molar-refractivity contribution in [3.63, 3.8) is 0 Å². The van der Waals surface area contributed by atoms with Gasteiger partial charge in [-0.3, -0.25) is 4.79 Å². The fraction of sp³-hybridized carbons (Fsp3) is 0.938. The second kappa shape index (κ2) is 3.68. The molecule has 5 fully saturated rings. The Balaban J connectivity index is 1.60. The third-order valence-corrected chi connectivity index (χ3v) is 7.48. The summed E-state index contributed by atoms with van der Waals surface area (Å²) in [7, 11) is -0.260. The molecule has 1 saturated heterocycles. The predicted octanol–water partition coefficient (Wildman–Crippen LogP) is 2.97. The first-order chi connectivity index (χ1) is 9.61. The van der Waals surface area contributed by atoms with Crippen molar-refractivity contribution in [2.24, 2.45) is 22.7 Å². The Kier molecular flexibility index (Phi) is 2.46. The Morgan fingerprint density at radius 1 is 1.05 bits per heavy atom. The van der Waals surface area contributed by atoms with Gasteiger partial charge in [0.15, 0.2) is 0 Å². The van der Waals surface area contributed by atoms with Crippen LogP contribution in [0.3, 0.4) is 0 Å². The lowest BCUT2D eigenvalue weighted by Crippen LogP contribution is -2.42. The topological polar surface area (TPSA) is 55.8 Å². The second-order valence-electron chi connectivity index (χ2n) is 8.89. The highest BCUT2D eigenvalue weighted by molar-refractivity contribution is 6.45. The lowest BCUT2D eigenvalue weighted by molar-refractivity contribution is -0.153. The first kappa shape index (κ1) is 14.1. The summed E-state index contributed by atoms with van der Waals surface area (Å²) >= 11 is 0. The van der Waals surface area contributed by atoms with Crippen molar-refractivity contribution in [2.75, 3.05) is 0 Å². The van der Waals surface area contributed by atoms with Crippen LogP contribution in [0.1, 0.15) is 53.4 Å². The maximum absolute atomic E-state index is 12.0. The lowest BCUT2D eigenvalue weighted by atomic mass is 9.58. The van der Waals surface area contributed by atoms with Crippen molar-refractivity contribution in [3.05, 3.63) is 0 Å². The van der Waals surface area contributed by atoms with Crippen LogP contribution in [0, 0.1) is 22.7 Å². The zero-order valence-corrected chi connectivity index (χ0v) is 13.4. The average molecular weight is 292 g/mol. The predicted molar refractivity (Wildman–Crippen MR) is 78.8 cm³/mol. The molecule has 1 aliphatic heterocycles. The van der Waals surface area contributed by atoms with Gasteiger partial charge in [-0.25, -0.2) is 0 Å². The van der Waals surface area contributed by atoms with E-state index in [1.54, 1.807) is 0 Å². The summed E-state index contributed by atoms with van der Waals surface area (Å²) in [6.07, 6.45) is 4.64. The first-order valence-electron chi connectivity index (χ1n) is 8.20. The van der Waals surface area contributed by atoms with Crippen molar-refractivity contribution < 1.29 is 19.2 Å². The Labute approximate surface area is 126 Å². The number of hydrogen-bond donors (Lipinski definition) is 1. The maximum Gasteiger partial charge on any atom is 0.458 e. The normalized spacial score (nSPS) is 48.5. The summed E-state index contributed by atoms with van der Waals surface area (Å²) in [5.74, 6) is 0.675. The molecule has 5 aliphatic rings. The van der Waals surface area contributed by atoms with Gasteiger partial charge in [0, 0.05) is 0 Å². The van der Waals surface area contributed by atoms with Crippen LogP contribution in [0.2, 0.25) is 6.32 Å². The number of aliphatic carboxylic acids is 1. The van der Waals surface area contributed by atoms with E-state index in [-0.39, 0.29) is 23.7 Å². The zero-order chi connectivity index (χ0) is 15.3. The maximum atomic E-state index is 12.0. The number of hydrogen-bond acceptors (Lipinski definition) is 3. The van der Waals surface area contributed by atoms with E-state index in [4.69, 9.17) is 9.31 Å². The smallest absolute Gasteiger partial charge is 0.458 e. The molecule has 4 aliphatic carbocycles. The number of carbonyl (C=O) groups is 1. The van der Waals surface area contributed by atoms with Crippen LogP contribution in [0.4, 0.5) is 0 Å². The van der Waals surface area contributed by atoms with Crippen LogP contribution >= 0.6 is 0 Å². The molecule has 1 N–H and O–H groups in total. The molecule has 5 heteroatoms. The van der Waals surface area contributed by atoms with E-state index in [1.807, 2.05) is 0 Å². The minimum absolute atomic E-state index is 0.0880. The molecular formula is C16H25BO4. The molecule has 4 saturated carbocycles. The molecule has 2 atom stereocenters. The van der Waals surface area contributed by atoms with Crippen molar-refractivity contribution in [1.29, 1.82) is 0 Å². The molecule has 116 valence electrons. The van der Waals surface area contributed by atoms with Gasteiger partial charge in [-0.15, -0.1) is 0 Å². The summed E-state index contributed by atoms with van der Waals surface area (Å²) in [6.45, 7) is 8.24. The number of carboxylic acids is 1. The molecular weight excluding hydrogens is 267 g/mol. The van der Waals surface area contributed by atoms with Gasteiger partial charge in [0.2, 0.25) is 0 Å². The highest BCUT2D eigenvalue weighted by Crippen LogP contribution is 2.78. The summed E-state index contributed by atoms with van der Waals surface area (Å²) in [5.41, 5.74) is -1.24. The van der Waals surface area contributed by atoms with Gasteiger partial charge in [0.25, 0.3) is 0 Å². The Hall–Kier alpha value is -0.545. The molecule has 0 aromatic rings. The quantitative estimate of drug-likeness (QED) is 0.812. The average Bonchev–Trinajstić information content (AvgIpc) is 2.98. The van der Waals surface area contributed by atoms with Crippen LogP contribution in [0.15, 0.2) is 0 Å². The summed E-state index contributed by atoms with van der Waals surface area (Å²) in [5, 5.41) is 9.85. The van der Waals surface area contributed by atoms with Crippen LogP contribution < -0.4 is 0 Å². The number of carboxylic acid groups (broad SMARTS) is 1. The Bertz CT molecular complexity index is 482. The summed E-state index contributed by atoms with van der Waals surface area (Å²) < 4.78 is 12.3. The Morgan fingerprint density at radius 3 is 1.95 bits per heavy atom. The molecule has 21 heavy (non-hydrogen) atoms. The summed E-state index contributed by atoms with van der Waals surface area (Å²) in [4.78, 5) is 12.0.